The monoisotopic (exact) mass is 451 g/mol. The number of nitrogens with zero attached hydrogens (tertiary/aromatic N) is 2. The van der Waals surface area contributed by atoms with Crippen molar-refractivity contribution in [1.82, 2.24) is 4.98 Å². The standard InChI is InChI=1S/C23H18ClN3O5/c1-31-22(29)13-9-14(23(30)32-2)11-16(10-13)26-20-17-5-3-4-6-18(17)21(28)27(20)19-8-7-15(24)12-25-19/h3-12,20,26H,1-2H3/t20-/m1/s1. The highest BCUT2D eigenvalue weighted by Gasteiger charge is 2.38. The smallest absolute Gasteiger partial charge is 0.337 e. The Labute approximate surface area is 188 Å². The van der Waals surface area contributed by atoms with Crippen molar-refractivity contribution in [3.63, 3.8) is 0 Å². The summed E-state index contributed by atoms with van der Waals surface area (Å²) in [5, 5.41) is 3.69. The molecule has 1 aliphatic heterocycles. The second kappa shape index (κ2) is 8.68. The number of halogens is 1. The number of esters is 2. The summed E-state index contributed by atoms with van der Waals surface area (Å²) in [4.78, 5) is 43.3. The molecule has 3 aromatic rings. The van der Waals surface area contributed by atoms with Gasteiger partial charge >= 0.3 is 11.9 Å². The molecular weight excluding hydrogens is 434 g/mol. The van der Waals surface area contributed by atoms with E-state index >= 15 is 0 Å². The molecule has 1 aliphatic rings. The highest BCUT2D eigenvalue weighted by Crippen LogP contribution is 2.37. The first-order valence-corrected chi connectivity index (χ1v) is 9.93. The maximum atomic E-state index is 13.2. The van der Waals surface area contributed by atoms with E-state index in [0.717, 1.165) is 5.56 Å². The van der Waals surface area contributed by atoms with Crippen LogP contribution in [-0.4, -0.2) is 37.0 Å². The lowest BCUT2D eigenvalue weighted by Gasteiger charge is -2.26. The molecule has 2 heterocycles. The minimum absolute atomic E-state index is 0.159. The van der Waals surface area contributed by atoms with Gasteiger partial charge in [-0.2, -0.15) is 0 Å². The van der Waals surface area contributed by atoms with Crippen LogP contribution in [0.2, 0.25) is 5.02 Å². The first kappa shape index (κ1) is 21.3. The zero-order chi connectivity index (χ0) is 22.8. The molecule has 1 amide bonds. The van der Waals surface area contributed by atoms with Gasteiger partial charge in [-0.3, -0.25) is 9.69 Å². The summed E-state index contributed by atoms with van der Waals surface area (Å²) in [7, 11) is 2.50. The van der Waals surface area contributed by atoms with Crippen molar-refractivity contribution in [2.24, 2.45) is 0 Å². The summed E-state index contributed by atoms with van der Waals surface area (Å²) in [5.41, 5.74) is 1.97. The molecule has 0 spiro atoms. The lowest BCUT2D eigenvalue weighted by atomic mass is 10.1. The van der Waals surface area contributed by atoms with Gasteiger partial charge in [0.05, 0.1) is 30.4 Å². The van der Waals surface area contributed by atoms with Crippen LogP contribution in [0.15, 0.2) is 60.8 Å². The molecule has 2 aromatic carbocycles. The van der Waals surface area contributed by atoms with Crippen molar-refractivity contribution < 1.29 is 23.9 Å². The second-order valence-electron chi connectivity index (χ2n) is 6.93. The summed E-state index contributed by atoms with van der Waals surface area (Å²) in [6.07, 6.45) is 0.808. The fraction of sp³-hybridized carbons (Fsp3) is 0.130. The third-order valence-electron chi connectivity index (χ3n) is 5.00. The average Bonchev–Trinajstić information content (AvgIpc) is 3.10. The Hall–Kier alpha value is -3.91. The number of hydrogen-bond acceptors (Lipinski definition) is 7. The predicted octanol–water partition coefficient (Wildman–Crippen LogP) is 4.08. The molecule has 0 radical (unpaired) electrons. The Morgan fingerprint density at radius 1 is 1.00 bits per heavy atom. The van der Waals surface area contributed by atoms with Crippen LogP contribution in [0.5, 0.6) is 0 Å². The molecule has 8 nitrogen and oxygen atoms in total. The first-order valence-electron chi connectivity index (χ1n) is 9.55. The quantitative estimate of drug-likeness (QED) is 0.583. The molecule has 0 saturated carbocycles. The number of hydrogen-bond donors (Lipinski definition) is 1. The molecule has 1 atom stereocenters. The molecule has 9 heteroatoms. The number of ether oxygens (including phenoxy) is 2. The summed E-state index contributed by atoms with van der Waals surface area (Å²) in [6.45, 7) is 0. The number of rotatable bonds is 5. The fourth-order valence-electron chi connectivity index (χ4n) is 3.55. The van der Waals surface area contributed by atoms with E-state index < -0.39 is 18.1 Å². The van der Waals surface area contributed by atoms with Crippen LogP contribution in [0.25, 0.3) is 0 Å². The Kier molecular flexibility index (Phi) is 5.79. The van der Waals surface area contributed by atoms with Gasteiger partial charge in [-0.15, -0.1) is 0 Å². The van der Waals surface area contributed by atoms with Crippen molar-refractivity contribution in [2.75, 3.05) is 24.4 Å². The van der Waals surface area contributed by atoms with Gasteiger partial charge in [-0.05, 0) is 36.4 Å². The molecule has 0 fully saturated rings. The molecule has 1 aromatic heterocycles. The number of nitrogens with one attached hydrogen (secondary N) is 1. The van der Waals surface area contributed by atoms with Gasteiger partial charge in [0, 0.05) is 23.0 Å². The van der Waals surface area contributed by atoms with E-state index in [4.69, 9.17) is 21.1 Å². The molecule has 4 rings (SSSR count). The van der Waals surface area contributed by atoms with Gasteiger partial charge < -0.3 is 14.8 Å². The normalized spacial score (nSPS) is 14.7. The highest BCUT2D eigenvalue weighted by molar-refractivity contribution is 6.30. The van der Waals surface area contributed by atoms with E-state index in [1.807, 2.05) is 12.1 Å². The lowest BCUT2D eigenvalue weighted by molar-refractivity contribution is 0.0599. The fourth-order valence-corrected chi connectivity index (χ4v) is 3.66. The zero-order valence-electron chi connectivity index (χ0n) is 17.2. The van der Waals surface area contributed by atoms with E-state index in [0.29, 0.717) is 22.1 Å². The number of anilines is 2. The first-order chi connectivity index (χ1) is 15.4. The predicted molar refractivity (Wildman–Crippen MR) is 118 cm³/mol. The van der Waals surface area contributed by atoms with E-state index in [1.54, 1.807) is 24.3 Å². The number of carbonyl (C=O) groups excluding carboxylic acids is 3. The average molecular weight is 452 g/mol. The largest absolute Gasteiger partial charge is 0.465 e. The summed E-state index contributed by atoms with van der Waals surface area (Å²) in [6, 6.07) is 14.9. The molecule has 0 saturated heterocycles. The van der Waals surface area contributed by atoms with Crippen molar-refractivity contribution in [3.8, 4) is 0 Å². The van der Waals surface area contributed by atoms with Crippen LogP contribution < -0.4 is 10.2 Å². The lowest BCUT2D eigenvalue weighted by Crippen LogP contribution is -2.33. The number of aromatic nitrogens is 1. The minimum Gasteiger partial charge on any atom is -0.465 e. The third kappa shape index (κ3) is 3.88. The molecule has 0 unspecified atom stereocenters. The Balaban J connectivity index is 1.80. The van der Waals surface area contributed by atoms with Gasteiger partial charge in [0.2, 0.25) is 0 Å². The van der Waals surface area contributed by atoms with Crippen molar-refractivity contribution in [3.05, 3.63) is 88.1 Å². The highest BCUT2D eigenvalue weighted by atomic mass is 35.5. The van der Waals surface area contributed by atoms with E-state index in [9.17, 15) is 14.4 Å². The van der Waals surface area contributed by atoms with E-state index in [2.05, 4.69) is 10.3 Å². The maximum Gasteiger partial charge on any atom is 0.337 e. The van der Waals surface area contributed by atoms with Crippen molar-refractivity contribution >= 4 is 41.0 Å². The zero-order valence-corrected chi connectivity index (χ0v) is 17.9. The molecular formula is C23H18ClN3O5. The van der Waals surface area contributed by atoms with E-state index in [-0.39, 0.29) is 17.0 Å². The van der Waals surface area contributed by atoms with Gasteiger partial charge in [0.25, 0.3) is 5.91 Å². The number of pyridine rings is 1. The molecule has 1 N–H and O–H groups in total. The van der Waals surface area contributed by atoms with Gasteiger partial charge in [-0.1, -0.05) is 29.8 Å². The topological polar surface area (TPSA) is 97.8 Å². The number of benzene rings is 2. The van der Waals surface area contributed by atoms with Crippen molar-refractivity contribution in [2.45, 2.75) is 6.17 Å². The molecule has 0 bridgehead atoms. The Bertz CT molecular complexity index is 1180. The SMILES string of the molecule is COC(=O)c1cc(N[C@H]2c3ccccc3C(=O)N2c2ccc(Cl)cn2)cc(C(=O)OC)c1. The number of carbonyl (C=O) groups is 3. The van der Waals surface area contributed by atoms with Crippen LogP contribution in [0.4, 0.5) is 11.5 Å². The second-order valence-corrected chi connectivity index (χ2v) is 7.36. The van der Waals surface area contributed by atoms with Crippen LogP contribution in [0, 0.1) is 0 Å². The van der Waals surface area contributed by atoms with Crippen LogP contribution in [-0.2, 0) is 9.47 Å². The number of methoxy groups -OCH3 is 2. The van der Waals surface area contributed by atoms with Gasteiger partial charge in [-0.25, -0.2) is 14.6 Å². The Morgan fingerprint density at radius 3 is 2.25 bits per heavy atom. The summed E-state index contributed by atoms with van der Waals surface area (Å²) >= 11 is 5.96. The molecule has 0 aliphatic carbocycles. The van der Waals surface area contributed by atoms with Crippen molar-refractivity contribution in [1.29, 1.82) is 0 Å². The van der Waals surface area contributed by atoms with Gasteiger partial charge in [0.1, 0.15) is 12.0 Å². The van der Waals surface area contributed by atoms with Gasteiger partial charge in [0.15, 0.2) is 0 Å². The summed E-state index contributed by atoms with van der Waals surface area (Å²) < 4.78 is 9.60. The van der Waals surface area contributed by atoms with Crippen LogP contribution in [0.1, 0.15) is 42.8 Å². The molecule has 162 valence electrons. The third-order valence-corrected chi connectivity index (χ3v) is 5.22. The number of amides is 1. The maximum absolute atomic E-state index is 13.2. The number of fused-ring (bicyclic) bond motifs is 1. The Morgan fingerprint density at radius 2 is 1.66 bits per heavy atom. The van der Waals surface area contributed by atoms with Crippen LogP contribution >= 0.6 is 11.6 Å². The minimum atomic E-state index is -0.647. The summed E-state index contributed by atoms with van der Waals surface area (Å²) in [5.74, 6) is -1.08. The van der Waals surface area contributed by atoms with E-state index in [1.165, 1.54) is 43.5 Å². The van der Waals surface area contributed by atoms with Crippen LogP contribution in [0.3, 0.4) is 0 Å². The molecule has 32 heavy (non-hydrogen) atoms.